The molecule has 0 saturated carbocycles. The normalized spacial score (nSPS) is 17.0. The van der Waals surface area contributed by atoms with Crippen LogP contribution < -0.4 is 4.74 Å². The van der Waals surface area contributed by atoms with Crippen molar-refractivity contribution in [2.45, 2.75) is 39.2 Å². The number of carbonyl (C=O) groups is 1. The van der Waals surface area contributed by atoms with E-state index in [9.17, 15) is 9.90 Å². The Morgan fingerprint density at radius 3 is 2.44 bits per heavy atom. The van der Waals surface area contributed by atoms with E-state index in [1.165, 1.54) is 12.7 Å². The highest BCUT2D eigenvalue weighted by atomic mass is 16.5. The Balaban J connectivity index is 1.77. The summed E-state index contributed by atoms with van der Waals surface area (Å²) in [4.78, 5) is 15.8. The van der Waals surface area contributed by atoms with Crippen LogP contribution in [0.1, 0.15) is 31.9 Å². The van der Waals surface area contributed by atoms with Crippen LogP contribution in [0.3, 0.4) is 0 Å². The van der Waals surface area contributed by atoms with Crippen LogP contribution in [0.4, 0.5) is 0 Å². The van der Waals surface area contributed by atoms with Crippen LogP contribution in [0.2, 0.25) is 0 Å². The lowest BCUT2D eigenvalue weighted by molar-refractivity contribution is -0.137. The van der Waals surface area contributed by atoms with E-state index in [0.717, 1.165) is 24.4 Å². The molecule has 1 aromatic carbocycles. The number of piperazine rings is 1. The summed E-state index contributed by atoms with van der Waals surface area (Å²) >= 11 is 0. The minimum absolute atomic E-state index is 0.0233. The van der Waals surface area contributed by atoms with Crippen molar-refractivity contribution in [3.63, 3.8) is 0 Å². The molecule has 0 radical (unpaired) electrons. The van der Waals surface area contributed by atoms with Crippen molar-refractivity contribution in [1.29, 1.82) is 0 Å². The molecule has 1 aliphatic rings. The fraction of sp³-hybridized carbons (Fsp3) is 0.667. The molecular formula is C21H34N2O4. The molecule has 1 N–H and O–H groups in total. The fourth-order valence-electron chi connectivity index (χ4n) is 3.21. The summed E-state index contributed by atoms with van der Waals surface area (Å²) in [6, 6.07) is 6.23. The zero-order valence-electron chi connectivity index (χ0n) is 17.3. The number of β-amino-alcohol motifs (C(OH)–C–C–N with tert-alkyl or cyclic N) is 1. The summed E-state index contributed by atoms with van der Waals surface area (Å²) in [5.41, 5.74) is 2.46. The van der Waals surface area contributed by atoms with Crippen molar-refractivity contribution in [3.05, 3.63) is 29.3 Å². The first-order valence-corrected chi connectivity index (χ1v) is 9.61. The first-order chi connectivity index (χ1) is 12.7. The van der Waals surface area contributed by atoms with E-state index >= 15 is 0 Å². The SMILES string of the molecule is COCC(=O)N1CCN(CC(O)COc2ccc(C(C)(C)C)cc2C)CC1. The van der Waals surface area contributed by atoms with Crippen molar-refractivity contribution >= 4 is 5.91 Å². The third kappa shape index (κ3) is 6.48. The van der Waals surface area contributed by atoms with E-state index in [1.54, 1.807) is 0 Å². The quantitative estimate of drug-likeness (QED) is 0.784. The molecule has 152 valence electrons. The summed E-state index contributed by atoms with van der Waals surface area (Å²) in [7, 11) is 1.53. The number of methoxy groups -OCH3 is 1. The molecule has 6 heteroatoms. The molecule has 1 unspecified atom stereocenters. The molecule has 0 bridgehead atoms. The Bertz CT molecular complexity index is 619. The Labute approximate surface area is 163 Å². The Hall–Kier alpha value is -1.63. The first kappa shape index (κ1) is 21.7. The van der Waals surface area contributed by atoms with Gasteiger partial charge in [-0.25, -0.2) is 0 Å². The number of aliphatic hydroxyl groups excluding tert-OH is 1. The molecule has 1 saturated heterocycles. The van der Waals surface area contributed by atoms with E-state index in [4.69, 9.17) is 9.47 Å². The lowest BCUT2D eigenvalue weighted by Gasteiger charge is -2.35. The lowest BCUT2D eigenvalue weighted by atomic mass is 9.86. The molecule has 1 aliphatic heterocycles. The zero-order chi connectivity index (χ0) is 20.0. The number of aliphatic hydroxyl groups is 1. The van der Waals surface area contributed by atoms with Gasteiger partial charge in [-0.05, 0) is 29.5 Å². The highest BCUT2D eigenvalue weighted by molar-refractivity contribution is 5.77. The molecule has 1 fully saturated rings. The van der Waals surface area contributed by atoms with Crippen molar-refractivity contribution in [1.82, 2.24) is 9.80 Å². The predicted molar refractivity (Wildman–Crippen MR) is 106 cm³/mol. The second-order valence-electron chi connectivity index (χ2n) is 8.31. The van der Waals surface area contributed by atoms with Crippen LogP contribution in [0.5, 0.6) is 5.75 Å². The Morgan fingerprint density at radius 2 is 1.89 bits per heavy atom. The van der Waals surface area contributed by atoms with Gasteiger partial charge in [-0.1, -0.05) is 32.9 Å². The topological polar surface area (TPSA) is 62.2 Å². The van der Waals surface area contributed by atoms with Crippen LogP contribution in [0.15, 0.2) is 18.2 Å². The van der Waals surface area contributed by atoms with E-state index in [1.807, 2.05) is 17.9 Å². The van der Waals surface area contributed by atoms with Crippen LogP contribution in [-0.2, 0) is 14.9 Å². The largest absolute Gasteiger partial charge is 0.491 e. The average Bonchev–Trinajstić information content (AvgIpc) is 2.60. The smallest absolute Gasteiger partial charge is 0.248 e. The average molecular weight is 379 g/mol. The van der Waals surface area contributed by atoms with Crippen LogP contribution in [-0.4, -0.2) is 80.0 Å². The number of carbonyl (C=O) groups excluding carboxylic acids is 1. The fourth-order valence-corrected chi connectivity index (χ4v) is 3.21. The summed E-state index contributed by atoms with van der Waals surface area (Å²) in [5, 5.41) is 10.3. The molecule has 27 heavy (non-hydrogen) atoms. The number of amides is 1. The number of hydrogen-bond donors (Lipinski definition) is 1. The molecule has 1 amide bonds. The van der Waals surface area contributed by atoms with Gasteiger partial charge in [0.15, 0.2) is 0 Å². The van der Waals surface area contributed by atoms with Gasteiger partial charge in [0.2, 0.25) is 5.91 Å². The minimum Gasteiger partial charge on any atom is -0.491 e. The number of hydrogen-bond acceptors (Lipinski definition) is 5. The van der Waals surface area contributed by atoms with Gasteiger partial charge < -0.3 is 19.5 Å². The molecular weight excluding hydrogens is 344 g/mol. The highest BCUT2D eigenvalue weighted by Gasteiger charge is 2.22. The lowest BCUT2D eigenvalue weighted by Crippen LogP contribution is -2.51. The van der Waals surface area contributed by atoms with E-state index < -0.39 is 6.10 Å². The molecule has 6 nitrogen and oxygen atoms in total. The van der Waals surface area contributed by atoms with E-state index in [0.29, 0.717) is 19.6 Å². The van der Waals surface area contributed by atoms with Gasteiger partial charge in [-0.2, -0.15) is 0 Å². The third-order valence-electron chi connectivity index (χ3n) is 4.93. The maximum absolute atomic E-state index is 11.8. The van der Waals surface area contributed by atoms with Crippen molar-refractivity contribution in [2.24, 2.45) is 0 Å². The number of aryl methyl sites for hydroxylation is 1. The highest BCUT2D eigenvalue weighted by Crippen LogP contribution is 2.27. The van der Waals surface area contributed by atoms with Gasteiger partial charge in [-0.3, -0.25) is 9.69 Å². The number of rotatable bonds is 7. The standard InChI is InChI=1S/C21H34N2O4/c1-16-12-17(21(2,3)4)6-7-19(16)27-14-18(24)13-22-8-10-23(11-9-22)20(25)15-26-5/h6-7,12,18,24H,8-11,13-15H2,1-5H3. The first-order valence-electron chi connectivity index (χ1n) is 9.61. The summed E-state index contributed by atoms with van der Waals surface area (Å²) in [5.74, 6) is 0.840. The van der Waals surface area contributed by atoms with Gasteiger partial charge in [0.05, 0.1) is 0 Å². The number of ether oxygens (including phenoxy) is 2. The van der Waals surface area contributed by atoms with Crippen molar-refractivity contribution < 1.29 is 19.4 Å². The van der Waals surface area contributed by atoms with Crippen LogP contribution in [0, 0.1) is 6.92 Å². The van der Waals surface area contributed by atoms with Crippen molar-refractivity contribution in [3.8, 4) is 5.75 Å². The second kappa shape index (κ2) is 9.53. The molecule has 1 aromatic rings. The number of nitrogens with zero attached hydrogens (tertiary/aromatic N) is 2. The molecule has 0 spiro atoms. The molecule has 0 aromatic heterocycles. The molecule has 1 atom stereocenters. The number of benzene rings is 1. The van der Waals surface area contributed by atoms with Gasteiger partial charge in [0.25, 0.3) is 0 Å². The monoisotopic (exact) mass is 378 g/mol. The van der Waals surface area contributed by atoms with Crippen LogP contribution in [0.25, 0.3) is 0 Å². The Morgan fingerprint density at radius 1 is 1.22 bits per heavy atom. The predicted octanol–water partition coefficient (Wildman–Crippen LogP) is 1.82. The van der Waals surface area contributed by atoms with Gasteiger partial charge in [0.1, 0.15) is 25.1 Å². The molecule has 1 heterocycles. The molecule has 2 rings (SSSR count). The summed E-state index contributed by atoms with van der Waals surface area (Å²) in [6.07, 6.45) is -0.562. The van der Waals surface area contributed by atoms with E-state index in [2.05, 4.69) is 37.8 Å². The van der Waals surface area contributed by atoms with Crippen LogP contribution >= 0.6 is 0 Å². The minimum atomic E-state index is -0.562. The zero-order valence-corrected chi connectivity index (χ0v) is 17.3. The van der Waals surface area contributed by atoms with Gasteiger partial charge >= 0.3 is 0 Å². The van der Waals surface area contributed by atoms with Gasteiger partial charge in [0, 0.05) is 39.8 Å². The maximum atomic E-state index is 11.8. The molecule has 0 aliphatic carbocycles. The second-order valence-corrected chi connectivity index (χ2v) is 8.31. The summed E-state index contributed by atoms with van der Waals surface area (Å²) < 4.78 is 10.7. The van der Waals surface area contributed by atoms with Crippen molar-refractivity contribution in [2.75, 3.05) is 53.0 Å². The third-order valence-corrected chi connectivity index (χ3v) is 4.93. The van der Waals surface area contributed by atoms with E-state index in [-0.39, 0.29) is 24.5 Å². The summed E-state index contributed by atoms with van der Waals surface area (Å²) in [6.45, 7) is 12.4. The van der Waals surface area contributed by atoms with Gasteiger partial charge in [-0.15, -0.1) is 0 Å². The maximum Gasteiger partial charge on any atom is 0.248 e. The Kier molecular flexibility index (Phi) is 7.65.